The van der Waals surface area contributed by atoms with Gasteiger partial charge in [0, 0.05) is 39.5 Å². The fourth-order valence-corrected chi connectivity index (χ4v) is 6.80. The minimum atomic E-state index is -1.38. The second kappa shape index (κ2) is 8.98. The first-order valence-electron chi connectivity index (χ1n) is 11.0. The molecule has 1 saturated heterocycles. The Morgan fingerprint density at radius 3 is 2.62 bits per heavy atom. The summed E-state index contributed by atoms with van der Waals surface area (Å²) in [6.45, 7) is 4.23. The van der Waals surface area contributed by atoms with Gasteiger partial charge >= 0.3 is 0 Å². The van der Waals surface area contributed by atoms with Gasteiger partial charge in [-0.2, -0.15) is 0 Å². The quantitative estimate of drug-likeness (QED) is 0.400. The van der Waals surface area contributed by atoms with Gasteiger partial charge in [0.25, 0.3) is 0 Å². The molecule has 1 amide bonds. The first-order chi connectivity index (χ1) is 16.3. The molecule has 0 unspecified atom stereocenters. The maximum Gasteiger partial charge on any atom is 0.235 e. The Kier molecular flexibility index (Phi) is 6.01. The normalized spacial score (nSPS) is 22.5. The molecule has 174 valence electrons. The Balaban J connectivity index is 1.34. The predicted octanol–water partition coefficient (Wildman–Crippen LogP) is 2.06. The van der Waals surface area contributed by atoms with E-state index in [0.717, 1.165) is 17.8 Å². The summed E-state index contributed by atoms with van der Waals surface area (Å²) in [4.78, 5) is 30.9. The minimum Gasteiger partial charge on any atom is -0.543 e. The number of aliphatic hydroxyl groups excluding tert-OH is 1. The van der Waals surface area contributed by atoms with E-state index in [1.165, 1.54) is 33.6 Å². The molecule has 34 heavy (non-hydrogen) atoms. The lowest BCUT2D eigenvalue weighted by molar-refractivity contribution is -0.688. The summed E-state index contributed by atoms with van der Waals surface area (Å²) in [7, 11) is 0. The highest BCUT2D eigenvalue weighted by Crippen LogP contribution is 2.52. The second-order valence-electron chi connectivity index (χ2n) is 8.60. The van der Waals surface area contributed by atoms with E-state index in [-0.39, 0.29) is 23.6 Å². The number of pyridine rings is 1. The highest BCUT2D eigenvalue weighted by atomic mass is 32.2. The van der Waals surface area contributed by atoms with Crippen molar-refractivity contribution in [2.24, 2.45) is 11.8 Å². The average Bonchev–Trinajstić information content (AvgIpc) is 3.37. The van der Waals surface area contributed by atoms with Crippen LogP contribution in [0.4, 0.5) is 0 Å². The van der Waals surface area contributed by atoms with Crippen molar-refractivity contribution >= 4 is 35.0 Å². The molecule has 0 bridgehead atoms. The largest absolute Gasteiger partial charge is 0.543 e. The van der Waals surface area contributed by atoms with Crippen molar-refractivity contribution in [3.8, 4) is 11.3 Å². The van der Waals surface area contributed by atoms with Crippen LogP contribution in [0.25, 0.3) is 11.3 Å². The molecule has 1 aromatic carbocycles. The van der Waals surface area contributed by atoms with Gasteiger partial charge in [-0.3, -0.25) is 4.79 Å². The van der Waals surface area contributed by atoms with Crippen molar-refractivity contribution in [1.82, 2.24) is 9.88 Å². The number of hydrogen-bond acceptors (Lipinski definition) is 7. The minimum absolute atomic E-state index is 0.0936. The van der Waals surface area contributed by atoms with Gasteiger partial charge in [-0.1, -0.05) is 49.0 Å². The maximum atomic E-state index is 12.5. The number of hydrogen-bond donors (Lipinski definition) is 1. The molecular weight excluding hydrogens is 470 g/mol. The molecule has 5 rings (SSSR count). The average molecular weight is 494 g/mol. The number of thiazole rings is 1. The summed E-state index contributed by atoms with van der Waals surface area (Å²) in [5.41, 5.74) is 2.87. The molecule has 2 aliphatic rings. The fraction of sp³-hybridized carbons (Fsp3) is 0.280. The van der Waals surface area contributed by atoms with E-state index in [2.05, 4.69) is 16.7 Å². The van der Waals surface area contributed by atoms with E-state index in [1.54, 1.807) is 6.92 Å². The van der Waals surface area contributed by atoms with Crippen LogP contribution < -0.4 is 9.67 Å². The molecule has 1 fully saturated rings. The van der Waals surface area contributed by atoms with E-state index in [0.29, 0.717) is 9.24 Å². The summed E-state index contributed by atoms with van der Waals surface area (Å²) < 4.78 is 2.80. The second-order valence-corrected chi connectivity index (χ2v) is 10.7. The number of aliphatic hydroxyl groups is 1. The van der Waals surface area contributed by atoms with E-state index in [4.69, 9.17) is 4.98 Å². The molecular formula is C25H23N3O4S2. The number of aliphatic carboxylic acids is 1. The van der Waals surface area contributed by atoms with Crippen molar-refractivity contribution < 1.29 is 24.4 Å². The zero-order valence-corrected chi connectivity index (χ0v) is 20.3. The lowest BCUT2D eigenvalue weighted by atomic mass is 9.79. The third-order valence-corrected chi connectivity index (χ3v) is 8.60. The summed E-state index contributed by atoms with van der Waals surface area (Å²) in [5, 5.41) is 23.8. The number of thioether (sulfide) groups is 1. The Morgan fingerprint density at radius 2 is 1.97 bits per heavy atom. The van der Waals surface area contributed by atoms with E-state index < -0.39 is 18.0 Å². The fourth-order valence-electron chi connectivity index (χ4n) is 4.71. The van der Waals surface area contributed by atoms with Crippen LogP contribution in [0, 0.1) is 11.8 Å². The number of rotatable bonds is 7. The van der Waals surface area contributed by atoms with Gasteiger partial charge in [-0.15, -0.1) is 11.3 Å². The highest BCUT2D eigenvalue weighted by Gasteiger charge is 2.58. The monoisotopic (exact) mass is 493 g/mol. The van der Waals surface area contributed by atoms with Crippen molar-refractivity contribution in [2.75, 3.05) is 0 Å². The number of aromatic nitrogens is 2. The zero-order valence-electron chi connectivity index (χ0n) is 18.6. The SMILES string of the molecule is C[C@@H](O)[C@H]1C(=O)N2C(C(=O)[O-])=C(Sc3nc(-c4ccc(C[n+]5ccccc5)cc4)cs3)[C@H](C)[C@H]12. The zero-order chi connectivity index (χ0) is 24.0. The van der Waals surface area contributed by atoms with Gasteiger partial charge in [0.1, 0.15) is 0 Å². The highest BCUT2D eigenvalue weighted by molar-refractivity contribution is 8.04. The topological polar surface area (TPSA) is 97.4 Å². The van der Waals surface area contributed by atoms with Gasteiger partial charge in [0.2, 0.25) is 5.91 Å². The Hall–Kier alpha value is -3.01. The van der Waals surface area contributed by atoms with E-state index in [9.17, 15) is 19.8 Å². The number of carbonyl (C=O) groups is 2. The van der Waals surface area contributed by atoms with Crippen molar-refractivity contribution in [2.45, 2.75) is 36.9 Å². The summed E-state index contributed by atoms with van der Waals surface area (Å²) >= 11 is 2.70. The predicted molar refractivity (Wildman–Crippen MR) is 126 cm³/mol. The van der Waals surface area contributed by atoms with Gasteiger partial charge in [-0.25, -0.2) is 9.55 Å². The molecule has 1 N–H and O–H groups in total. The Morgan fingerprint density at radius 1 is 1.26 bits per heavy atom. The third-order valence-electron chi connectivity index (χ3n) is 6.37. The molecule has 0 radical (unpaired) electrons. The lowest BCUT2D eigenvalue weighted by Crippen LogP contribution is -2.64. The summed E-state index contributed by atoms with van der Waals surface area (Å²) in [6.07, 6.45) is 3.22. The summed E-state index contributed by atoms with van der Waals surface area (Å²) in [5.74, 6) is -2.56. The molecule has 0 saturated carbocycles. The molecule has 2 aliphatic heterocycles. The molecule has 3 aromatic rings. The molecule has 4 atom stereocenters. The van der Waals surface area contributed by atoms with Gasteiger partial charge in [-0.05, 0) is 6.92 Å². The van der Waals surface area contributed by atoms with Crippen LogP contribution in [0.5, 0.6) is 0 Å². The lowest BCUT2D eigenvalue weighted by Gasteiger charge is -2.47. The van der Waals surface area contributed by atoms with Gasteiger partial charge < -0.3 is 19.9 Å². The van der Waals surface area contributed by atoms with Crippen LogP contribution in [0.3, 0.4) is 0 Å². The number of carboxylic acid groups (broad SMARTS) is 1. The maximum absolute atomic E-state index is 12.5. The van der Waals surface area contributed by atoms with Gasteiger partial charge in [0.05, 0.1) is 35.4 Å². The molecule has 0 spiro atoms. The molecule has 4 heterocycles. The number of nitrogens with zero attached hydrogens (tertiary/aromatic N) is 3. The number of fused-ring (bicyclic) bond motifs is 1. The van der Waals surface area contributed by atoms with Crippen LogP contribution in [-0.2, 0) is 16.1 Å². The van der Waals surface area contributed by atoms with E-state index in [1.807, 2.05) is 55.0 Å². The van der Waals surface area contributed by atoms with Crippen LogP contribution in [-0.4, -0.2) is 39.0 Å². The number of β-lactam (4-membered cyclic amide) rings is 1. The summed E-state index contributed by atoms with van der Waals surface area (Å²) in [6, 6.07) is 13.8. The first-order valence-corrected chi connectivity index (χ1v) is 12.7. The first kappa shape index (κ1) is 22.8. The standard InChI is InChI=1S/C25H23N3O4S2/c1-14-20-19(15(2)29)23(30)28(20)21(24(31)32)22(14)34-25-26-18(13-33-25)17-8-6-16(7-9-17)12-27-10-4-3-5-11-27/h3-11,13-15,19-20,29H,12H2,1-2H3/t14-,15-,19-,20-/m1/s1. The molecule has 0 aliphatic carbocycles. The smallest absolute Gasteiger partial charge is 0.235 e. The van der Waals surface area contributed by atoms with Gasteiger partial charge in [0.15, 0.2) is 23.3 Å². The molecule has 9 heteroatoms. The van der Waals surface area contributed by atoms with Crippen LogP contribution in [0.15, 0.2) is 75.2 Å². The molecule has 7 nitrogen and oxygen atoms in total. The van der Waals surface area contributed by atoms with Crippen molar-refractivity contribution in [3.05, 3.63) is 76.4 Å². The van der Waals surface area contributed by atoms with Crippen LogP contribution in [0.1, 0.15) is 19.4 Å². The Bertz CT molecular complexity index is 1270. The van der Waals surface area contributed by atoms with Crippen LogP contribution >= 0.6 is 23.1 Å². The van der Waals surface area contributed by atoms with Crippen molar-refractivity contribution in [3.63, 3.8) is 0 Å². The van der Waals surface area contributed by atoms with Crippen molar-refractivity contribution in [1.29, 1.82) is 0 Å². The number of amides is 1. The van der Waals surface area contributed by atoms with Crippen LogP contribution in [0.2, 0.25) is 0 Å². The number of benzene rings is 1. The van der Waals surface area contributed by atoms with E-state index >= 15 is 0 Å². The number of carboxylic acids is 1. The number of carbonyl (C=O) groups excluding carboxylic acids is 2. The Labute approximate surface area is 205 Å². The third kappa shape index (κ3) is 3.93. The molecule has 2 aromatic heterocycles.